The third-order valence-electron chi connectivity index (χ3n) is 2.17. The number of hydrogen-bond donors (Lipinski definition) is 0. The van der Waals surface area contributed by atoms with E-state index < -0.39 is 17.4 Å². The number of aldehydes is 1. The van der Waals surface area contributed by atoms with E-state index in [0.29, 0.717) is 6.42 Å². The van der Waals surface area contributed by atoms with Crippen LogP contribution in [0.2, 0.25) is 0 Å². The smallest absolute Gasteiger partial charge is 0.412 e. The maximum Gasteiger partial charge on any atom is 0.412 e. The van der Waals surface area contributed by atoms with Gasteiger partial charge >= 0.3 is 6.09 Å². The van der Waals surface area contributed by atoms with Crippen LogP contribution in [-0.4, -0.2) is 42.3 Å². The Morgan fingerprint density at radius 3 is 2.18 bits per heavy atom. The first-order valence-corrected chi connectivity index (χ1v) is 5.64. The Balaban J connectivity index is 4.40. The largest absolute Gasteiger partial charge is 0.444 e. The standard InChI is InChI=1S/C12H23NO4/c1-11(2,3)17-10(15)13(6)12(4,5)16-9-7-8-14/h8H,7,9H2,1-6H3. The summed E-state index contributed by atoms with van der Waals surface area (Å²) < 4.78 is 10.7. The lowest BCUT2D eigenvalue weighted by Gasteiger charge is -2.36. The molecular formula is C12H23NO4. The molecule has 0 fully saturated rings. The van der Waals surface area contributed by atoms with E-state index >= 15 is 0 Å². The second-order valence-corrected chi connectivity index (χ2v) is 5.29. The molecule has 100 valence electrons. The van der Waals surface area contributed by atoms with Crippen molar-refractivity contribution >= 4 is 12.4 Å². The van der Waals surface area contributed by atoms with E-state index in [1.54, 1.807) is 41.7 Å². The van der Waals surface area contributed by atoms with Gasteiger partial charge < -0.3 is 14.3 Å². The summed E-state index contributed by atoms with van der Waals surface area (Å²) in [7, 11) is 1.61. The topological polar surface area (TPSA) is 55.8 Å². The van der Waals surface area contributed by atoms with Crippen molar-refractivity contribution in [2.24, 2.45) is 0 Å². The highest BCUT2D eigenvalue weighted by Crippen LogP contribution is 2.18. The second-order valence-electron chi connectivity index (χ2n) is 5.29. The van der Waals surface area contributed by atoms with Crippen molar-refractivity contribution in [3.8, 4) is 0 Å². The minimum atomic E-state index is -0.800. The normalized spacial score (nSPS) is 12.1. The van der Waals surface area contributed by atoms with E-state index in [9.17, 15) is 9.59 Å². The number of nitrogens with zero attached hydrogens (tertiary/aromatic N) is 1. The molecule has 0 unspecified atom stereocenters. The number of rotatable bonds is 5. The molecule has 0 aliphatic rings. The van der Waals surface area contributed by atoms with Crippen LogP contribution in [0, 0.1) is 0 Å². The van der Waals surface area contributed by atoms with Crippen molar-refractivity contribution in [3.05, 3.63) is 0 Å². The molecule has 0 heterocycles. The van der Waals surface area contributed by atoms with Crippen LogP contribution in [0.4, 0.5) is 4.79 Å². The van der Waals surface area contributed by atoms with Crippen LogP contribution in [0.3, 0.4) is 0 Å². The van der Waals surface area contributed by atoms with Crippen molar-refractivity contribution in [2.75, 3.05) is 13.7 Å². The summed E-state index contributed by atoms with van der Waals surface area (Å²) in [5.74, 6) is 0. The van der Waals surface area contributed by atoms with E-state index in [2.05, 4.69) is 0 Å². The molecule has 0 aliphatic heterocycles. The fourth-order valence-corrected chi connectivity index (χ4v) is 1.00. The Kier molecular flexibility index (Phi) is 5.61. The van der Waals surface area contributed by atoms with E-state index in [1.165, 1.54) is 4.90 Å². The van der Waals surface area contributed by atoms with Gasteiger partial charge in [-0.3, -0.25) is 4.90 Å². The van der Waals surface area contributed by atoms with E-state index in [1.807, 2.05) is 0 Å². The molecule has 0 N–H and O–H groups in total. The van der Waals surface area contributed by atoms with Crippen LogP contribution in [0.15, 0.2) is 0 Å². The lowest BCUT2D eigenvalue weighted by atomic mass is 10.2. The van der Waals surface area contributed by atoms with Crippen molar-refractivity contribution in [2.45, 2.75) is 52.4 Å². The highest BCUT2D eigenvalue weighted by Gasteiger charge is 2.31. The molecule has 1 amide bonds. The molecule has 0 aromatic rings. The zero-order valence-corrected chi connectivity index (χ0v) is 11.6. The third kappa shape index (κ3) is 6.26. The zero-order valence-electron chi connectivity index (χ0n) is 11.6. The molecule has 0 aliphatic carbocycles. The Bertz CT molecular complexity index is 268. The quantitative estimate of drug-likeness (QED) is 0.423. The van der Waals surface area contributed by atoms with Crippen LogP contribution >= 0.6 is 0 Å². The van der Waals surface area contributed by atoms with Gasteiger partial charge in [0.2, 0.25) is 0 Å². The summed E-state index contributed by atoms with van der Waals surface area (Å²) in [6, 6.07) is 0. The lowest BCUT2D eigenvalue weighted by molar-refractivity contribution is -0.124. The fraction of sp³-hybridized carbons (Fsp3) is 0.833. The van der Waals surface area contributed by atoms with Gasteiger partial charge in [0.15, 0.2) is 0 Å². The Hall–Kier alpha value is -1.10. The molecule has 0 atom stereocenters. The van der Waals surface area contributed by atoms with E-state index in [4.69, 9.17) is 9.47 Å². The van der Waals surface area contributed by atoms with Gasteiger partial charge in [0.25, 0.3) is 0 Å². The van der Waals surface area contributed by atoms with Crippen LogP contribution in [0.1, 0.15) is 41.0 Å². The van der Waals surface area contributed by atoms with E-state index in [0.717, 1.165) is 6.29 Å². The van der Waals surface area contributed by atoms with Gasteiger partial charge in [0.1, 0.15) is 17.6 Å². The predicted octanol–water partition coefficient (Wildman–Crippen LogP) is 2.20. The molecule has 0 saturated heterocycles. The first-order chi connectivity index (χ1) is 7.60. The van der Waals surface area contributed by atoms with Gasteiger partial charge in [-0.15, -0.1) is 0 Å². The van der Waals surface area contributed by atoms with Crippen molar-refractivity contribution in [1.82, 2.24) is 4.90 Å². The second kappa shape index (κ2) is 6.00. The SMILES string of the molecule is CN(C(=O)OC(C)(C)C)C(C)(C)OCCC=O. The van der Waals surface area contributed by atoms with Crippen LogP contribution in [0.25, 0.3) is 0 Å². The monoisotopic (exact) mass is 245 g/mol. The van der Waals surface area contributed by atoms with Crippen LogP contribution in [0.5, 0.6) is 0 Å². The summed E-state index contributed by atoms with van der Waals surface area (Å²) in [5, 5.41) is 0. The average molecular weight is 245 g/mol. The number of hydrogen-bond acceptors (Lipinski definition) is 4. The third-order valence-corrected chi connectivity index (χ3v) is 2.17. The minimum absolute atomic E-state index is 0.281. The predicted molar refractivity (Wildman–Crippen MR) is 64.7 cm³/mol. The number of amides is 1. The van der Waals surface area contributed by atoms with Crippen LogP contribution in [-0.2, 0) is 14.3 Å². The van der Waals surface area contributed by atoms with Gasteiger partial charge in [-0.1, -0.05) is 0 Å². The Morgan fingerprint density at radius 2 is 1.76 bits per heavy atom. The van der Waals surface area contributed by atoms with Crippen molar-refractivity contribution in [3.63, 3.8) is 0 Å². The molecule has 0 radical (unpaired) electrons. The van der Waals surface area contributed by atoms with Crippen molar-refractivity contribution < 1.29 is 19.1 Å². The summed E-state index contributed by atoms with van der Waals surface area (Å²) in [4.78, 5) is 23.4. The fourth-order valence-electron chi connectivity index (χ4n) is 1.00. The summed E-state index contributed by atoms with van der Waals surface area (Å²) in [5.41, 5.74) is -1.34. The summed E-state index contributed by atoms with van der Waals surface area (Å²) >= 11 is 0. The molecule has 17 heavy (non-hydrogen) atoms. The molecule has 0 spiro atoms. The lowest BCUT2D eigenvalue weighted by Crippen LogP contribution is -2.49. The van der Waals surface area contributed by atoms with E-state index in [-0.39, 0.29) is 6.61 Å². The highest BCUT2D eigenvalue weighted by atomic mass is 16.6. The molecule has 0 bridgehead atoms. The first-order valence-electron chi connectivity index (χ1n) is 5.64. The first kappa shape index (κ1) is 15.9. The highest BCUT2D eigenvalue weighted by molar-refractivity contribution is 5.68. The molecule has 0 rings (SSSR count). The average Bonchev–Trinajstić information content (AvgIpc) is 2.14. The molecule has 0 aromatic carbocycles. The molecule has 0 aromatic heterocycles. The van der Waals surface area contributed by atoms with Crippen LogP contribution < -0.4 is 0 Å². The van der Waals surface area contributed by atoms with Crippen molar-refractivity contribution in [1.29, 1.82) is 0 Å². The van der Waals surface area contributed by atoms with Gasteiger partial charge in [-0.05, 0) is 34.6 Å². The molecule has 0 saturated carbocycles. The minimum Gasteiger partial charge on any atom is -0.444 e. The van der Waals surface area contributed by atoms with Gasteiger partial charge in [0.05, 0.1) is 6.61 Å². The zero-order chi connectivity index (χ0) is 13.7. The number of carbonyl (C=O) groups excluding carboxylic acids is 2. The molecule has 5 heteroatoms. The summed E-state index contributed by atoms with van der Waals surface area (Å²) in [6.45, 7) is 9.20. The number of carbonyl (C=O) groups is 2. The maximum absolute atomic E-state index is 11.8. The van der Waals surface area contributed by atoms with Gasteiger partial charge in [-0.2, -0.15) is 0 Å². The maximum atomic E-state index is 11.8. The Morgan fingerprint density at radius 1 is 1.24 bits per heavy atom. The molecule has 5 nitrogen and oxygen atoms in total. The van der Waals surface area contributed by atoms with Gasteiger partial charge in [-0.25, -0.2) is 4.79 Å². The Labute approximate surface area is 103 Å². The van der Waals surface area contributed by atoms with Gasteiger partial charge in [0, 0.05) is 13.5 Å². The molecular weight excluding hydrogens is 222 g/mol. The summed E-state index contributed by atoms with van der Waals surface area (Å²) in [6.07, 6.45) is 0.642. The number of ether oxygens (including phenoxy) is 2.